The number of carbonyl (C=O) groups excluding carboxylic acids is 2. The average Bonchev–Trinajstić information content (AvgIpc) is 2.64. The van der Waals surface area contributed by atoms with Gasteiger partial charge in [-0.25, -0.2) is 13.2 Å². The van der Waals surface area contributed by atoms with E-state index >= 15 is 0 Å². The van der Waals surface area contributed by atoms with Crippen molar-refractivity contribution in [3.8, 4) is 0 Å². The molecule has 0 aliphatic heterocycles. The van der Waals surface area contributed by atoms with Crippen LogP contribution < -0.4 is 10.6 Å². The number of halogens is 3. The minimum Gasteiger partial charge on any atom is -0.343 e. The number of rotatable bonds is 6. The first kappa shape index (κ1) is 21.5. The number of hydrogen-bond donors (Lipinski definition) is 2. The maximum atomic E-state index is 13.7. The molecule has 0 spiro atoms. The van der Waals surface area contributed by atoms with Crippen molar-refractivity contribution in [3.05, 3.63) is 64.5 Å². The Morgan fingerprint density at radius 1 is 0.893 bits per heavy atom. The third kappa shape index (κ3) is 4.71. The van der Waals surface area contributed by atoms with Crippen molar-refractivity contribution in [1.82, 2.24) is 5.32 Å². The average molecular weight is 392 g/mol. The lowest BCUT2D eigenvalue weighted by Crippen LogP contribution is -2.34. The number of anilines is 1. The van der Waals surface area contributed by atoms with Gasteiger partial charge in [0.2, 0.25) is 5.91 Å². The fourth-order valence-electron chi connectivity index (χ4n) is 2.84. The summed E-state index contributed by atoms with van der Waals surface area (Å²) >= 11 is 0. The molecule has 0 aliphatic rings. The molecule has 2 aromatic rings. The molecule has 2 N–H and O–H groups in total. The van der Waals surface area contributed by atoms with E-state index in [4.69, 9.17) is 0 Å². The molecule has 28 heavy (non-hydrogen) atoms. The summed E-state index contributed by atoms with van der Waals surface area (Å²) in [5, 5.41) is 5.03. The van der Waals surface area contributed by atoms with Crippen LogP contribution >= 0.6 is 0 Å². The zero-order valence-corrected chi connectivity index (χ0v) is 16.2. The SMILES string of the molecule is CC(C)c1cccc(C(C)C)c1NC(=O)CNC(=O)c1ccc(F)c(F)c1F. The van der Waals surface area contributed by atoms with Crippen molar-refractivity contribution in [2.24, 2.45) is 0 Å². The maximum absolute atomic E-state index is 13.7. The van der Waals surface area contributed by atoms with E-state index < -0.39 is 41.4 Å². The number of carbonyl (C=O) groups is 2. The standard InChI is InChI=1S/C21H23F3N2O2/c1-11(2)13-6-5-7-14(12(3)4)20(13)26-17(27)10-25-21(28)15-8-9-16(22)19(24)18(15)23/h5-9,11-12H,10H2,1-4H3,(H,25,28)(H,26,27). The van der Waals surface area contributed by atoms with Crippen LogP contribution in [0.2, 0.25) is 0 Å². The van der Waals surface area contributed by atoms with Crippen LogP contribution in [-0.2, 0) is 4.79 Å². The van der Waals surface area contributed by atoms with Gasteiger partial charge in [-0.1, -0.05) is 45.9 Å². The first-order valence-corrected chi connectivity index (χ1v) is 8.97. The van der Waals surface area contributed by atoms with Gasteiger partial charge < -0.3 is 10.6 Å². The van der Waals surface area contributed by atoms with Crippen molar-refractivity contribution >= 4 is 17.5 Å². The van der Waals surface area contributed by atoms with Crippen molar-refractivity contribution < 1.29 is 22.8 Å². The van der Waals surface area contributed by atoms with Crippen LogP contribution in [0.15, 0.2) is 30.3 Å². The Kier molecular flexibility index (Phi) is 6.83. The Morgan fingerprint density at radius 3 is 2.00 bits per heavy atom. The molecule has 0 saturated heterocycles. The molecule has 0 aliphatic carbocycles. The van der Waals surface area contributed by atoms with E-state index in [-0.39, 0.29) is 11.8 Å². The summed E-state index contributed by atoms with van der Waals surface area (Å²) in [4.78, 5) is 24.4. The first-order chi connectivity index (χ1) is 13.1. The molecule has 4 nitrogen and oxygen atoms in total. The van der Waals surface area contributed by atoms with Crippen molar-refractivity contribution in [2.75, 3.05) is 11.9 Å². The molecule has 7 heteroatoms. The molecule has 2 rings (SSSR count). The molecular weight excluding hydrogens is 369 g/mol. The van der Waals surface area contributed by atoms with Crippen molar-refractivity contribution in [1.29, 1.82) is 0 Å². The minimum absolute atomic E-state index is 0.167. The molecule has 0 aromatic heterocycles. The van der Waals surface area contributed by atoms with Crippen LogP contribution in [0, 0.1) is 17.5 Å². The van der Waals surface area contributed by atoms with Gasteiger partial charge >= 0.3 is 0 Å². The Labute approximate surface area is 162 Å². The van der Waals surface area contributed by atoms with Gasteiger partial charge in [-0.2, -0.15) is 0 Å². The predicted molar refractivity (Wildman–Crippen MR) is 102 cm³/mol. The molecule has 0 heterocycles. The summed E-state index contributed by atoms with van der Waals surface area (Å²) in [5.41, 5.74) is 1.93. The van der Waals surface area contributed by atoms with Gasteiger partial charge in [-0.05, 0) is 35.1 Å². The number of benzene rings is 2. The molecule has 0 fully saturated rings. The fraction of sp³-hybridized carbons (Fsp3) is 0.333. The summed E-state index contributed by atoms with van der Waals surface area (Å²) in [7, 11) is 0. The zero-order valence-electron chi connectivity index (χ0n) is 16.2. The van der Waals surface area contributed by atoms with Crippen LogP contribution in [-0.4, -0.2) is 18.4 Å². The minimum atomic E-state index is -1.73. The molecule has 0 bridgehead atoms. The lowest BCUT2D eigenvalue weighted by atomic mass is 9.92. The van der Waals surface area contributed by atoms with E-state index in [1.54, 1.807) is 0 Å². The van der Waals surface area contributed by atoms with Crippen LogP contribution in [0.1, 0.15) is 61.0 Å². The summed E-state index contributed by atoms with van der Waals surface area (Å²) in [6, 6.07) is 7.24. The van der Waals surface area contributed by atoms with Gasteiger partial charge in [0.25, 0.3) is 5.91 Å². The summed E-state index contributed by atoms with van der Waals surface area (Å²) < 4.78 is 39.9. The Hall–Kier alpha value is -2.83. The second kappa shape index (κ2) is 8.91. The van der Waals surface area contributed by atoms with Gasteiger partial charge in [0.15, 0.2) is 17.5 Å². The summed E-state index contributed by atoms with van der Waals surface area (Å²) in [6.07, 6.45) is 0. The number of para-hydroxylation sites is 1. The smallest absolute Gasteiger partial charge is 0.254 e. The largest absolute Gasteiger partial charge is 0.343 e. The topological polar surface area (TPSA) is 58.2 Å². The lowest BCUT2D eigenvalue weighted by Gasteiger charge is -2.20. The quantitative estimate of drug-likeness (QED) is 0.699. The molecule has 150 valence electrons. The second-order valence-corrected chi connectivity index (χ2v) is 7.07. The second-order valence-electron chi connectivity index (χ2n) is 7.07. The van der Waals surface area contributed by atoms with E-state index in [0.29, 0.717) is 11.8 Å². The predicted octanol–water partition coefficient (Wildman–Crippen LogP) is 4.72. The molecule has 0 saturated carbocycles. The highest BCUT2D eigenvalue weighted by Gasteiger charge is 2.20. The number of nitrogens with one attached hydrogen (secondary N) is 2. The normalized spacial score (nSPS) is 11.0. The molecule has 0 unspecified atom stereocenters. The maximum Gasteiger partial charge on any atom is 0.254 e. The van der Waals surface area contributed by atoms with Gasteiger partial charge in [0, 0.05) is 5.69 Å². The fourth-order valence-corrected chi connectivity index (χ4v) is 2.84. The zero-order chi connectivity index (χ0) is 21.0. The van der Waals surface area contributed by atoms with Gasteiger partial charge in [0.05, 0.1) is 12.1 Å². The van der Waals surface area contributed by atoms with E-state index in [9.17, 15) is 22.8 Å². The number of amides is 2. The lowest BCUT2D eigenvalue weighted by molar-refractivity contribution is -0.115. The summed E-state index contributed by atoms with van der Waals surface area (Å²) in [5.74, 6) is -5.90. The van der Waals surface area contributed by atoms with Crippen molar-refractivity contribution in [2.45, 2.75) is 39.5 Å². The van der Waals surface area contributed by atoms with E-state index in [2.05, 4.69) is 10.6 Å². The Bertz CT molecular complexity index is 869. The molecule has 2 amide bonds. The van der Waals surface area contributed by atoms with Crippen molar-refractivity contribution in [3.63, 3.8) is 0 Å². The van der Waals surface area contributed by atoms with E-state index in [1.165, 1.54) is 0 Å². The van der Waals surface area contributed by atoms with E-state index in [0.717, 1.165) is 17.2 Å². The highest BCUT2D eigenvalue weighted by Crippen LogP contribution is 2.32. The van der Waals surface area contributed by atoms with Crippen LogP contribution in [0.25, 0.3) is 0 Å². The molecular formula is C21H23F3N2O2. The summed E-state index contributed by atoms with van der Waals surface area (Å²) in [6.45, 7) is 7.57. The highest BCUT2D eigenvalue weighted by atomic mass is 19.2. The van der Waals surface area contributed by atoms with Crippen LogP contribution in [0.3, 0.4) is 0 Å². The van der Waals surface area contributed by atoms with Gasteiger partial charge in [-0.3, -0.25) is 9.59 Å². The third-order valence-electron chi connectivity index (χ3n) is 4.33. The molecule has 0 atom stereocenters. The monoisotopic (exact) mass is 392 g/mol. The molecule has 0 radical (unpaired) electrons. The highest BCUT2D eigenvalue weighted by molar-refractivity contribution is 6.00. The van der Waals surface area contributed by atoms with Crippen LogP contribution in [0.5, 0.6) is 0 Å². The van der Waals surface area contributed by atoms with Gasteiger partial charge in [0.1, 0.15) is 0 Å². The van der Waals surface area contributed by atoms with Crippen LogP contribution in [0.4, 0.5) is 18.9 Å². The third-order valence-corrected chi connectivity index (χ3v) is 4.33. The Morgan fingerprint density at radius 2 is 1.46 bits per heavy atom. The first-order valence-electron chi connectivity index (χ1n) is 8.97. The Balaban J connectivity index is 2.13. The molecule has 2 aromatic carbocycles. The van der Waals surface area contributed by atoms with Gasteiger partial charge in [-0.15, -0.1) is 0 Å². The van der Waals surface area contributed by atoms with E-state index in [1.807, 2.05) is 45.9 Å². The number of hydrogen-bond acceptors (Lipinski definition) is 2.